The lowest BCUT2D eigenvalue weighted by Crippen LogP contribution is -2.44. The van der Waals surface area contributed by atoms with Crippen molar-refractivity contribution in [2.24, 2.45) is 5.92 Å². The molecule has 178 valence electrons. The summed E-state index contributed by atoms with van der Waals surface area (Å²) in [5, 5.41) is 2.79. The number of ether oxygens (including phenoxy) is 1. The predicted octanol–water partition coefficient (Wildman–Crippen LogP) is 3.05. The van der Waals surface area contributed by atoms with Gasteiger partial charge in [-0.1, -0.05) is 12.1 Å². The summed E-state index contributed by atoms with van der Waals surface area (Å²) < 4.78 is 33.4. The summed E-state index contributed by atoms with van der Waals surface area (Å²) in [5.74, 6) is -1.70. The number of nitrogens with zero attached hydrogens (tertiary/aromatic N) is 1. The maximum absolute atomic E-state index is 13.5. The summed E-state index contributed by atoms with van der Waals surface area (Å²) >= 11 is 0. The highest BCUT2D eigenvalue weighted by Crippen LogP contribution is 2.31. The number of aryl methyl sites for hydroxylation is 2. The third-order valence-corrected chi connectivity index (χ3v) is 7.72. The zero-order valence-electron chi connectivity index (χ0n) is 19.2. The first kappa shape index (κ1) is 24.7. The molecule has 2 aromatic rings. The van der Waals surface area contributed by atoms with Gasteiger partial charge in [-0.2, -0.15) is 4.31 Å². The Hall–Kier alpha value is -2.98. The molecule has 0 spiro atoms. The Bertz CT molecular complexity index is 1180. The minimum atomic E-state index is -4.05. The monoisotopic (exact) mass is 475 g/mol. The number of rotatable bonds is 7. The molecule has 2 heterocycles. The number of ketones is 1. The van der Waals surface area contributed by atoms with E-state index < -0.39 is 21.9 Å². The van der Waals surface area contributed by atoms with E-state index in [2.05, 4.69) is 10.3 Å². The molecule has 1 saturated heterocycles. The lowest BCUT2D eigenvalue weighted by Gasteiger charge is -2.31. The van der Waals surface area contributed by atoms with Crippen LogP contribution in [0.1, 0.15) is 58.8 Å². The summed E-state index contributed by atoms with van der Waals surface area (Å²) in [7, 11) is -4.05. The van der Waals surface area contributed by atoms with Crippen molar-refractivity contribution in [3.63, 3.8) is 0 Å². The van der Waals surface area contributed by atoms with Crippen LogP contribution in [0.25, 0.3) is 0 Å². The van der Waals surface area contributed by atoms with Crippen molar-refractivity contribution >= 4 is 33.4 Å². The number of hydrogen-bond acceptors (Lipinski definition) is 6. The Morgan fingerprint density at radius 2 is 1.94 bits per heavy atom. The van der Waals surface area contributed by atoms with Crippen molar-refractivity contribution < 1.29 is 27.5 Å². The largest absolute Gasteiger partial charge is 0.462 e. The van der Waals surface area contributed by atoms with Crippen molar-refractivity contribution in [1.29, 1.82) is 0 Å². The number of H-pyrrole nitrogens is 1. The Balaban J connectivity index is 1.83. The molecular weight excluding hydrogens is 446 g/mol. The lowest BCUT2D eigenvalue weighted by molar-refractivity contribution is -0.120. The summed E-state index contributed by atoms with van der Waals surface area (Å²) in [5.41, 5.74) is 1.73. The Labute approximate surface area is 193 Å². The fourth-order valence-electron chi connectivity index (χ4n) is 4.09. The number of anilines is 1. The van der Waals surface area contributed by atoms with E-state index in [9.17, 15) is 22.8 Å². The van der Waals surface area contributed by atoms with Crippen molar-refractivity contribution in [3.05, 3.63) is 46.8 Å². The number of aromatic nitrogens is 1. The first-order valence-corrected chi connectivity index (χ1v) is 12.3. The van der Waals surface area contributed by atoms with Gasteiger partial charge in [-0.25, -0.2) is 13.2 Å². The molecule has 1 atom stereocenters. The number of aromatic amines is 1. The van der Waals surface area contributed by atoms with Crippen LogP contribution in [0.4, 0.5) is 5.69 Å². The van der Waals surface area contributed by atoms with Crippen molar-refractivity contribution in [3.8, 4) is 0 Å². The first-order valence-electron chi connectivity index (χ1n) is 10.8. The molecule has 0 bridgehead atoms. The standard InChI is InChI=1S/C23H29N3O6S/c1-5-32-23(29)20-14(2)24-15(3)21(20)33(30,31)26-11-7-9-18(13-26)22(28)25-19-10-6-8-17(12-19)16(4)27/h6,8,10,12,18,24H,5,7,9,11,13H2,1-4H3,(H,25,28)/t18-/m0/s1. The molecule has 3 rings (SSSR count). The number of hydrogen-bond donors (Lipinski definition) is 2. The third-order valence-electron chi connectivity index (χ3n) is 5.69. The highest BCUT2D eigenvalue weighted by molar-refractivity contribution is 7.89. The van der Waals surface area contributed by atoms with Crippen LogP contribution in [-0.4, -0.2) is 55.1 Å². The van der Waals surface area contributed by atoms with Gasteiger partial charge in [-0.15, -0.1) is 0 Å². The minimum absolute atomic E-state index is 0.00183. The highest BCUT2D eigenvalue weighted by atomic mass is 32.2. The molecule has 33 heavy (non-hydrogen) atoms. The summed E-state index contributed by atoms with van der Waals surface area (Å²) in [6, 6.07) is 6.61. The molecule has 1 fully saturated rings. The molecular formula is C23H29N3O6S. The summed E-state index contributed by atoms with van der Waals surface area (Å²) in [4.78, 5) is 39.8. The number of amides is 1. The number of carbonyl (C=O) groups is 3. The zero-order chi connectivity index (χ0) is 24.3. The fraction of sp³-hybridized carbons (Fsp3) is 0.435. The molecule has 1 amide bonds. The average Bonchev–Trinajstić information content (AvgIpc) is 3.08. The minimum Gasteiger partial charge on any atom is -0.462 e. The normalized spacial score (nSPS) is 16.9. The van der Waals surface area contributed by atoms with Gasteiger partial charge in [-0.3, -0.25) is 9.59 Å². The molecule has 1 aliphatic rings. The van der Waals surface area contributed by atoms with Gasteiger partial charge in [0, 0.05) is 35.7 Å². The maximum atomic E-state index is 13.5. The number of carbonyl (C=O) groups excluding carboxylic acids is 3. The average molecular weight is 476 g/mol. The molecule has 0 radical (unpaired) electrons. The Morgan fingerprint density at radius 3 is 2.61 bits per heavy atom. The van der Waals surface area contributed by atoms with Gasteiger partial charge in [0.2, 0.25) is 15.9 Å². The van der Waals surface area contributed by atoms with E-state index in [0.717, 1.165) is 0 Å². The van der Waals surface area contributed by atoms with Gasteiger partial charge in [0.1, 0.15) is 10.5 Å². The van der Waals surface area contributed by atoms with Gasteiger partial charge in [0.05, 0.1) is 12.5 Å². The van der Waals surface area contributed by atoms with Crippen LogP contribution < -0.4 is 5.32 Å². The second kappa shape index (κ2) is 9.88. The Kier molecular flexibility index (Phi) is 7.38. The van der Waals surface area contributed by atoms with Crippen molar-refractivity contribution in [2.75, 3.05) is 25.0 Å². The molecule has 0 saturated carbocycles. The van der Waals surface area contributed by atoms with Crippen LogP contribution in [0.15, 0.2) is 29.2 Å². The van der Waals surface area contributed by atoms with E-state index in [1.54, 1.807) is 45.0 Å². The molecule has 1 aliphatic heterocycles. The summed E-state index contributed by atoms with van der Waals surface area (Å²) in [6.45, 7) is 6.68. The van der Waals surface area contributed by atoms with Crippen LogP contribution in [0.3, 0.4) is 0 Å². The Morgan fingerprint density at radius 1 is 1.21 bits per heavy atom. The van der Waals surface area contributed by atoms with Crippen LogP contribution in [0, 0.1) is 19.8 Å². The van der Waals surface area contributed by atoms with E-state index in [-0.39, 0.29) is 41.8 Å². The van der Waals surface area contributed by atoms with Gasteiger partial charge in [-0.05, 0) is 52.7 Å². The zero-order valence-corrected chi connectivity index (χ0v) is 20.0. The number of nitrogens with one attached hydrogen (secondary N) is 2. The SMILES string of the molecule is CCOC(=O)c1c(C)[nH]c(C)c1S(=O)(=O)N1CCC[C@H](C(=O)Nc2cccc(C(C)=O)c2)C1. The van der Waals surface area contributed by atoms with Crippen LogP contribution in [0.5, 0.6) is 0 Å². The van der Waals surface area contributed by atoms with Gasteiger partial charge in [0.15, 0.2) is 5.78 Å². The second-order valence-electron chi connectivity index (χ2n) is 8.13. The number of Topliss-reactive ketones (excluding diaryl/α,β-unsaturated/α-hetero) is 1. The molecule has 1 aromatic heterocycles. The van der Waals surface area contributed by atoms with E-state index >= 15 is 0 Å². The number of piperidine rings is 1. The van der Waals surface area contributed by atoms with E-state index in [0.29, 0.717) is 35.5 Å². The lowest BCUT2D eigenvalue weighted by atomic mass is 9.98. The van der Waals surface area contributed by atoms with Crippen LogP contribution in [-0.2, 0) is 19.6 Å². The fourth-order valence-corrected chi connectivity index (χ4v) is 6.03. The first-order chi connectivity index (χ1) is 15.6. The van der Waals surface area contributed by atoms with E-state index in [1.165, 1.54) is 11.2 Å². The van der Waals surface area contributed by atoms with E-state index in [4.69, 9.17) is 4.74 Å². The molecule has 10 heteroatoms. The number of esters is 1. The topological polar surface area (TPSA) is 126 Å². The summed E-state index contributed by atoms with van der Waals surface area (Å²) in [6.07, 6.45) is 1.03. The van der Waals surface area contributed by atoms with Gasteiger partial charge >= 0.3 is 5.97 Å². The number of benzene rings is 1. The smallest absolute Gasteiger partial charge is 0.341 e. The van der Waals surface area contributed by atoms with Crippen LogP contribution in [0.2, 0.25) is 0 Å². The quantitative estimate of drug-likeness (QED) is 0.468. The molecule has 2 N–H and O–H groups in total. The molecule has 9 nitrogen and oxygen atoms in total. The number of sulfonamides is 1. The highest BCUT2D eigenvalue weighted by Gasteiger charge is 2.38. The van der Waals surface area contributed by atoms with E-state index in [1.807, 2.05) is 0 Å². The van der Waals surface area contributed by atoms with Crippen molar-refractivity contribution in [2.45, 2.75) is 45.4 Å². The van der Waals surface area contributed by atoms with Gasteiger partial charge < -0.3 is 15.0 Å². The molecule has 1 aromatic carbocycles. The second-order valence-corrected chi connectivity index (χ2v) is 10.0. The molecule has 0 aliphatic carbocycles. The van der Waals surface area contributed by atoms with Crippen LogP contribution >= 0.6 is 0 Å². The third kappa shape index (κ3) is 5.17. The van der Waals surface area contributed by atoms with Crippen molar-refractivity contribution in [1.82, 2.24) is 9.29 Å². The maximum Gasteiger partial charge on any atom is 0.341 e. The predicted molar refractivity (Wildman–Crippen MR) is 123 cm³/mol. The van der Waals surface area contributed by atoms with Gasteiger partial charge in [0.25, 0.3) is 0 Å². The molecule has 0 unspecified atom stereocenters.